The number of hydrogen-bond acceptors (Lipinski definition) is 6. The van der Waals surface area contributed by atoms with Gasteiger partial charge in [0.1, 0.15) is 5.54 Å². The molecule has 34 heavy (non-hydrogen) atoms. The van der Waals surface area contributed by atoms with Gasteiger partial charge in [-0.15, -0.1) is 24.8 Å². The van der Waals surface area contributed by atoms with E-state index in [1.807, 2.05) is 41.4 Å². The first-order valence-electron chi connectivity index (χ1n) is 11.1. The highest BCUT2D eigenvalue weighted by Gasteiger charge is 2.47. The number of aryl methyl sites for hydroxylation is 1. The first-order chi connectivity index (χ1) is 15.4. The molecule has 0 bridgehead atoms. The number of carboxylic acid groups (broad SMARTS) is 1. The zero-order chi connectivity index (χ0) is 22.7. The number of piperazine rings is 1. The lowest BCUT2D eigenvalue weighted by atomic mass is 9.65. The summed E-state index contributed by atoms with van der Waals surface area (Å²) in [7, 11) is 2.10. The van der Waals surface area contributed by atoms with E-state index in [1.165, 1.54) is 0 Å². The molecule has 0 radical (unpaired) electrons. The average Bonchev–Trinajstić information content (AvgIpc) is 2.80. The highest BCUT2D eigenvalue weighted by Crippen LogP contribution is 2.41. The number of Topliss-reactive ketones (excluding diaryl/α,β-unsaturated/α-hetero) is 1. The van der Waals surface area contributed by atoms with Crippen LogP contribution in [0.15, 0.2) is 53.6 Å². The van der Waals surface area contributed by atoms with Crippen molar-refractivity contribution in [3.63, 3.8) is 0 Å². The Hall–Kier alpha value is -2.45. The molecule has 3 N–H and O–H groups in total. The van der Waals surface area contributed by atoms with Crippen LogP contribution in [0.2, 0.25) is 0 Å². The Labute approximate surface area is 212 Å². The number of ketones is 1. The number of benzene rings is 2. The van der Waals surface area contributed by atoms with E-state index in [-0.39, 0.29) is 37.0 Å². The highest BCUT2D eigenvalue weighted by atomic mass is 35.5. The fourth-order valence-corrected chi connectivity index (χ4v) is 4.72. The molecular weight excluding hydrogens is 475 g/mol. The molecule has 1 fully saturated rings. The second-order valence-corrected chi connectivity index (χ2v) is 8.81. The van der Waals surface area contributed by atoms with Gasteiger partial charge in [0.25, 0.3) is 0 Å². The van der Waals surface area contributed by atoms with E-state index >= 15 is 0 Å². The molecule has 2 unspecified atom stereocenters. The number of fused-ring (bicyclic) bond motifs is 1. The van der Waals surface area contributed by atoms with Crippen LogP contribution in [0.25, 0.3) is 0 Å². The van der Waals surface area contributed by atoms with Crippen LogP contribution in [0.3, 0.4) is 0 Å². The maximum Gasteiger partial charge on any atom is 0.303 e. The third-order valence-corrected chi connectivity index (χ3v) is 6.69. The number of nitrogens with two attached hydrogens (primary N) is 1. The van der Waals surface area contributed by atoms with Gasteiger partial charge in [0.15, 0.2) is 5.78 Å². The minimum absolute atomic E-state index is 0. The number of halogens is 2. The Bertz CT molecular complexity index is 1020. The molecular formula is C25H32Cl2N4O3. The molecule has 184 valence electrons. The van der Waals surface area contributed by atoms with Gasteiger partial charge in [-0.3, -0.25) is 14.6 Å². The van der Waals surface area contributed by atoms with Crippen molar-refractivity contribution in [1.82, 2.24) is 9.91 Å². The number of carboxylic acids is 1. The van der Waals surface area contributed by atoms with Crippen molar-refractivity contribution in [2.24, 2.45) is 16.8 Å². The van der Waals surface area contributed by atoms with Crippen molar-refractivity contribution in [3.8, 4) is 0 Å². The van der Waals surface area contributed by atoms with Crippen LogP contribution < -0.4 is 5.73 Å². The first-order valence-corrected chi connectivity index (χ1v) is 11.1. The Morgan fingerprint density at radius 1 is 1.09 bits per heavy atom. The van der Waals surface area contributed by atoms with Gasteiger partial charge in [-0.05, 0) is 42.5 Å². The summed E-state index contributed by atoms with van der Waals surface area (Å²) in [5.74, 6) is -1.63. The van der Waals surface area contributed by atoms with E-state index in [9.17, 15) is 14.7 Å². The lowest BCUT2D eigenvalue weighted by Gasteiger charge is -2.41. The van der Waals surface area contributed by atoms with Crippen molar-refractivity contribution < 1.29 is 14.7 Å². The topological polar surface area (TPSA) is 99.2 Å². The Kier molecular flexibility index (Phi) is 9.64. The quantitative estimate of drug-likeness (QED) is 0.461. The summed E-state index contributed by atoms with van der Waals surface area (Å²) in [5.41, 5.74) is 8.57. The van der Waals surface area contributed by atoms with Crippen molar-refractivity contribution >= 4 is 42.8 Å². The van der Waals surface area contributed by atoms with Crippen molar-refractivity contribution in [2.75, 3.05) is 33.2 Å². The molecule has 1 saturated heterocycles. The van der Waals surface area contributed by atoms with Gasteiger partial charge in [-0.25, -0.2) is 0 Å². The molecule has 0 aromatic heterocycles. The van der Waals surface area contributed by atoms with Crippen LogP contribution in [0.4, 0.5) is 0 Å². The third-order valence-electron chi connectivity index (χ3n) is 6.69. The standard InChI is InChI=1S/C25H30N4O3.2ClH/c1-28-12-14-29(15-13-28)27-17-18-6-8-20(9-7-18)24(32)25(26)21(16-23(30)31)11-10-19-4-2-3-5-22(19)25;;/h2-9,17,21H,10-16,26H2,1H3,(H,30,31);2*1H. The number of aliphatic carboxylic acids is 1. The van der Waals surface area contributed by atoms with Crippen molar-refractivity contribution in [1.29, 1.82) is 0 Å². The number of likely N-dealkylation sites (N-methyl/N-ethyl adjacent to an activating group) is 1. The molecule has 1 aliphatic carbocycles. The Morgan fingerprint density at radius 3 is 2.38 bits per heavy atom. The number of hydrazone groups is 1. The van der Waals surface area contributed by atoms with Gasteiger partial charge < -0.3 is 15.7 Å². The summed E-state index contributed by atoms with van der Waals surface area (Å²) < 4.78 is 0. The molecule has 2 aromatic carbocycles. The fourth-order valence-electron chi connectivity index (χ4n) is 4.72. The number of carbonyl (C=O) groups excluding carboxylic acids is 1. The predicted molar refractivity (Wildman–Crippen MR) is 138 cm³/mol. The van der Waals surface area contributed by atoms with E-state index in [1.54, 1.807) is 18.3 Å². The first kappa shape index (κ1) is 27.8. The smallest absolute Gasteiger partial charge is 0.303 e. The maximum absolute atomic E-state index is 13.7. The fraction of sp³-hybridized carbons (Fsp3) is 0.400. The molecule has 1 aliphatic heterocycles. The van der Waals surface area contributed by atoms with Gasteiger partial charge in [0.2, 0.25) is 0 Å². The molecule has 9 heteroatoms. The second kappa shape index (κ2) is 11.8. The summed E-state index contributed by atoms with van der Waals surface area (Å²) in [6, 6.07) is 14.9. The largest absolute Gasteiger partial charge is 0.481 e. The molecule has 7 nitrogen and oxygen atoms in total. The van der Waals surface area contributed by atoms with Crippen LogP contribution in [-0.2, 0) is 16.8 Å². The van der Waals surface area contributed by atoms with Crippen molar-refractivity contribution in [2.45, 2.75) is 24.8 Å². The number of carbonyl (C=O) groups is 2. The van der Waals surface area contributed by atoms with Gasteiger partial charge in [-0.2, -0.15) is 5.10 Å². The SMILES string of the molecule is CN1CCN(N=Cc2ccc(C(=O)C3(N)c4ccccc4CCC3CC(=O)O)cc2)CC1.Cl.Cl. The van der Waals surface area contributed by atoms with Gasteiger partial charge in [0.05, 0.1) is 12.6 Å². The normalized spacial score (nSPS) is 22.4. The lowest BCUT2D eigenvalue weighted by molar-refractivity contribution is -0.138. The molecule has 2 aliphatic rings. The Balaban J connectivity index is 0.00000204. The molecule has 0 amide bonds. The number of rotatable bonds is 6. The summed E-state index contributed by atoms with van der Waals surface area (Å²) in [6.45, 7) is 3.76. The minimum atomic E-state index is -1.36. The average molecular weight is 507 g/mol. The third kappa shape index (κ3) is 5.78. The van der Waals surface area contributed by atoms with Gasteiger partial charge in [0, 0.05) is 31.7 Å². The van der Waals surface area contributed by atoms with Crippen LogP contribution in [-0.4, -0.2) is 66.2 Å². The van der Waals surface area contributed by atoms with Crippen LogP contribution >= 0.6 is 24.8 Å². The monoisotopic (exact) mass is 506 g/mol. The zero-order valence-corrected chi connectivity index (χ0v) is 20.9. The summed E-state index contributed by atoms with van der Waals surface area (Å²) >= 11 is 0. The van der Waals surface area contributed by atoms with Gasteiger partial charge >= 0.3 is 5.97 Å². The van der Waals surface area contributed by atoms with Crippen LogP contribution in [0.5, 0.6) is 0 Å². The molecule has 2 atom stereocenters. The highest BCUT2D eigenvalue weighted by molar-refractivity contribution is 6.05. The van der Waals surface area contributed by atoms with E-state index in [0.29, 0.717) is 12.0 Å². The molecule has 0 saturated carbocycles. The zero-order valence-electron chi connectivity index (χ0n) is 19.2. The van der Waals surface area contributed by atoms with E-state index in [0.717, 1.165) is 49.3 Å². The van der Waals surface area contributed by atoms with E-state index < -0.39 is 17.4 Å². The number of nitrogens with zero attached hydrogens (tertiary/aromatic N) is 3. The van der Waals surface area contributed by atoms with Crippen molar-refractivity contribution in [3.05, 3.63) is 70.8 Å². The van der Waals surface area contributed by atoms with E-state index in [4.69, 9.17) is 5.73 Å². The van der Waals surface area contributed by atoms with Crippen LogP contribution in [0, 0.1) is 5.92 Å². The predicted octanol–water partition coefficient (Wildman–Crippen LogP) is 3.19. The minimum Gasteiger partial charge on any atom is -0.481 e. The Morgan fingerprint density at radius 2 is 1.74 bits per heavy atom. The molecule has 0 spiro atoms. The second-order valence-electron chi connectivity index (χ2n) is 8.81. The number of hydrogen-bond donors (Lipinski definition) is 2. The molecule has 2 aromatic rings. The summed E-state index contributed by atoms with van der Waals surface area (Å²) in [5, 5.41) is 16.0. The van der Waals surface area contributed by atoms with E-state index in [2.05, 4.69) is 17.0 Å². The lowest BCUT2D eigenvalue weighted by Crippen LogP contribution is -2.54. The summed E-state index contributed by atoms with van der Waals surface area (Å²) in [4.78, 5) is 27.4. The maximum atomic E-state index is 13.7. The van der Waals surface area contributed by atoms with Gasteiger partial charge in [-0.1, -0.05) is 48.5 Å². The molecule has 1 heterocycles. The summed E-state index contributed by atoms with van der Waals surface area (Å²) in [6.07, 6.45) is 2.97. The van der Waals surface area contributed by atoms with Crippen LogP contribution in [0.1, 0.15) is 39.9 Å². The molecule has 4 rings (SSSR count).